The first-order chi connectivity index (χ1) is 11.9. The van der Waals surface area contributed by atoms with E-state index in [0.29, 0.717) is 22.6 Å². The fourth-order valence-electron chi connectivity index (χ4n) is 2.91. The van der Waals surface area contributed by atoms with E-state index < -0.39 is 0 Å². The zero-order chi connectivity index (χ0) is 18.0. The number of nitrogens with one attached hydrogen (secondary N) is 1. The molecule has 0 saturated heterocycles. The summed E-state index contributed by atoms with van der Waals surface area (Å²) in [6.45, 7) is 7.42. The largest absolute Gasteiger partial charge is 0.352 e. The van der Waals surface area contributed by atoms with Crippen molar-refractivity contribution in [3.8, 4) is 0 Å². The lowest BCUT2D eigenvalue weighted by molar-refractivity contribution is 0.0948. The van der Waals surface area contributed by atoms with E-state index in [1.165, 1.54) is 0 Å². The average Bonchev–Trinajstić information content (AvgIpc) is 2.89. The van der Waals surface area contributed by atoms with Gasteiger partial charge in [-0.05, 0) is 44.0 Å². The SMILES string of the molecule is Cc1cc(C)n(CC(C)CNC(=O)c2cc(Cl)cc3cccnc23)n1. The summed E-state index contributed by atoms with van der Waals surface area (Å²) >= 11 is 6.14. The lowest BCUT2D eigenvalue weighted by Gasteiger charge is -2.14. The van der Waals surface area contributed by atoms with Gasteiger partial charge in [-0.15, -0.1) is 0 Å². The molecule has 0 spiro atoms. The number of pyridine rings is 1. The van der Waals surface area contributed by atoms with Crippen LogP contribution in [0.1, 0.15) is 28.7 Å². The normalized spacial score (nSPS) is 12.3. The van der Waals surface area contributed by atoms with Crippen molar-refractivity contribution in [3.63, 3.8) is 0 Å². The number of amides is 1. The Bertz CT molecular complexity index is 919. The van der Waals surface area contributed by atoms with Gasteiger partial charge < -0.3 is 5.32 Å². The van der Waals surface area contributed by atoms with Crippen molar-refractivity contribution < 1.29 is 4.79 Å². The number of fused-ring (bicyclic) bond motifs is 1. The van der Waals surface area contributed by atoms with Crippen LogP contribution in [-0.4, -0.2) is 27.2 Å². The summed E-state index contributed by atoms with van der Waals surface area (Å²) in [7, 11) is 0. The Kier molecular flexibility index (Phi) is 5.04. The number of rotatable bonds is 5. The minimum Gasteiger partial charge on any atom is -0.352 e. The summed E-state index contributed by atoms with van der Waals surface area (Å²) < 4.78 is 1.97. The molecular formula is C19H21ClN4O. The molecule has 2 aromatic heterocycles. The lowest BCUT2D eigenvalue weighted by atomic mass is 10.1. The van der Waals surface area contributed by atoms with Gasteiger partial charge in [0.2, 0.25) is 0 Å². The van der Waals surface area contributed by atoms with E-state index in [0.717, 1.165) is 23.3 Å². The topological polar surface area (TPSA) is 59.8 Å². The van der Waals surface area contributed by atoms with Crippen molar-refractivity contribution in [1.29, 1.82) is 0 Å². The Balaban J connectivity index is 1.69. The molecule has 25 heavy (non-hydrogen) atoms. The van der Waals surface area contributed by atoms with Crippen molar-refractivity contribution in [2.24, 2.45) is 5.92 Å². The molecule has 1 amide bonds. The number of hydrogen-bond donors (Lipinski definition) is 1. The zero-order valence-corrected chi connectivity index (χ0v) is 15.3. The molecule has 2 heterocycles. The molecule has 1 unspecified atom stereocenters. The predicted octanol–water partition coefficient (Wildman–Crippen LogP) is 3.77. The van der Waals surface area contributed by atoms with Gasteiger partial charge >= 0.3 is 0 Å². The van der Waals surface area contributed by atoms with Gasteiger partial charge in [-0.25, -0.2) is 0 Å². The highest BCUT2D eigenvalue weighted by Crippen LogP contribution is 2.22. The van der Waals surface area contributed by atoms with Gasteiger partial charge in [0.05, 0.1) is 16.8 Å². The number of benzene rings is 1. The zero-order valence-electron chi connectivity index (χ0n) is 14.6. The van der Waals surface area contributed by atoms with Crippen LogP contribution in [0.15, 0.2) is 36.5 Å². The van der Waals surface area contributed by atoms with Crippen LogP contribution in [0.4, 0.5) is 0 Å². The van der Waals surface area contributed by atoms with Gasteiger partial charge in [-0.1, -0.05) is 24.6 Å². The molecule has 3 rings (SSSR count). The predicted molar refractivity (Wildman–Crippen MR) is 100.0 cm³/mol. The Morgan fingerprint density at radius 1 is 1.32 bits per heavy atom. The van der Waals surface area contributed by atoms with E-state index >= 15 is 0 Å². The fourth-order valence-corrected chi connectivity index (χ4v) is 3.14. The van der Waals surface area contributed by atoms with Crippen molar-refractivity contribution >= 4 is 28.4 Å². The molecule has 1 aromatic carbocycles. The third kappa shape index (κ3) is 3.99. The van der Waals surface area contributed by atoms with Crippen LogP contribution in [0.25, 0.3) is 10.9 Å². The maximum absolute atomic E-state index is 12.6. The Morgan fingerprint density at radius 3 is 2.84 bits per heavy atom. The Morgan fingerprint density at radius 2 is 2.12 bits per heavy atom. The molecule has 1 N–H and O–H groups in total. The molecule has 5 nitrogen and oxygen atoms in total. The standard InChI is InChI=1S/C19H21ClN4O/c1-12(11-24-14(3)7-13(2)23-24)10-22-19(25)17-9-16(20)8-15-5-4-6-21-18(15)17/h4-9,12H,10-11H2,1-3H3,(H,22,25). The van der Waals surface area contributed by atoms with Crippen LogP contribution in [0.5, 0.6) is 0 Å². The highest BCUT2D eigenvalue weighted by atomic mass is 35.5. The quantitative estimate of drug-likeness (QED) is 0.757. The minimum atomic E-state index is -0.161. The minimum absolute atomic E-state index is 0.161. The molecule has 0 aliphatic heterocycles. The molecular weight excluding hydrogens is 336 g/mol. The first-order valence-electron chi connectivity index (χ1n) is 8.27. The van der Waals surface area contributed by atoms with Gasteiger partial charge in [0.1, 0.15) is 0 Å². The van der Waals surface area contributed by atoms with Crippen LogP contribution < -0.4 is 5.32 Å². The van der Waals surface area contributed by atoms with Crippen LogP contribution in [-0.2, 0) is 6.54 Å². The molecule has 3 aromatic rings. The molecule has 0 radical (unpaired) electrons. The van der Waals surface area contributed by atoms with Crippen molar-refractivity contribution in [3.05, 3.63) is 58.5 Å². The maximum Gasteiger partial charge on any atom is 0.253 e. The van der Waals surface area contributed by atoms with Gasteiger partial charge in [0.25, 0.3) is 5.91 Å². The summed E-state index contributed by atoms with van der Waals surface area (Å²) in [6.07, 6.45) is 1.68. The van der Waals surface area contributed by atoms with Gasteiger partial charge in [0, 0.05) is 35.4 Å². The number of hydrogen-bond acceptors (Lipinski definition) is 3. The number of halogens is 1. The maximum atomic E-state index is 12.6. The summed E-state index contributed by atoms with van der Waals surface area (Å²) in [5.74, 6) is 0.0896. The molecule has 0 aliphatic carbocycles. The van der Waals surface area contributed by atoms with Crippen LogP contribution in [0.2, 0.25) is 5.02 Å². The van der Waals surface area contributed by atoms with Crippen LogP contribution in [0.3, 0.4) is 0 Å². The highest BCUT2D eigenvalue weighted by molar-refractivity contribution is 6.32. The number of aryl methyl sites for hydroxylation is 2. The molecule has 1 atom stereocenters. The first kappa shape index (κ1) is 17.4. The Hall–Kier alpha value is -2.40. The van der Waals surface area contributed by atoms with Gasteiger partial charge in [-0.3, -0.25) is 14.5 Å². The van der Waals surface area contributed by atoms with E-state index in [-0.39, 0.29) is 11.8 Å². The second kappa shape index (κ2) is 7.23. The Labute approximate surface area is 152 Å². The summed E-state index contributed by atoms with van der Waals surface area (Å²) in [6, 6.07) is 9.26. The number of nitrogens with zero attached hydrogens (tertiary/aromatic N) is 3. The average molecular weight is 357 g/mol. The van der Waals surface area contributed by atoms with E-state index in [2.05, 4.69) is 28.4 Å². The van der Waals surface area contributed by atoms with Gasteiger partial charge in [-0.2, -0.15) is 5.10 Å². The van der Waals surface area contributed by atoms with E-state index in [1.54, 1.807) is 12.3 Å². The molecule has 6 heteroatoms. The molecule has 0 saturated carbocycles. The second-order valence-electron chi connectivity index (χ2n) is 6.45. The number of carbonyl (C=O) groups excluding carboxylic acids is 1. The third-order valence-corrected chi connectivity index (χ3v) is 4.33. The highest BCUT2D eigenvalue weighted by Gasteiger charge is 2.14. The molecule has 0 fully saturated rings. The van der Waals surface area contributed by atoms with Crippen molar-refractivity contribution in [2.45, 2.75) is 27.3 Å². The summed E-state index contributed by atoms with van der Waals surface area (Å²) in [4.78, 5) is 16.9. The third-order valence-electron chi connectivity index (χ3n) is 4.11. The van der Waals surface area contributed by atoms with E-state index in [9.17, 15) is 4.79 Å². The van der Waals surface area contributed by atoms with E-state index in [4.69, 9.17) is 11.6 Å². The van der Waals surface area contributed by atoms with Crippen molar-refractivity contribution in [2.75, 3.05) is 6.54 Å². The van der Waals surface area contributed by atoms with Gasteiger partial charge in [0.15, 0.2) is 0 Å². The van der Waals surface area contributed by atoms with Crippen LogP contribution in [0, 0.1) is 19.8 Å². The molecule has 130 valence electrons. The number of aromatic nitrogens is 3. The monoisotopic (exact) mass is 356 g/mol. The molecule has 0 bridgehead atoms. The summed E-state index contributed by atoms with van der Waals surface area (Å²) in [5.41, 5.74) is 3.29. The first-order valence-corrected chi connectivity index (χ1v) is 8.65. The number of carbonyl (C=O) groups is 1. The second-order valence-corrected chi connectivity index (χ2v) is 6.89. The summed E-state index contributed by atoms with van der Waals surface area (Å²) in [5, 5.41) is 8.84. The lowest BCUT2D eigenvalue weighted by Crippen LogP contribution is -2.30. The molecule has 0 aliphatic rings. The van der Waals surface area contributed by atoms with Crippen LogP contribution >= 0.6 is 11.6 Å². The smallest absolute Gasteiger partial charge is 0.253 e. The van der Waals surface area contributed by atoms with Crippen molar-refractivity contribution in [1.82, 2.24) is 20.1 Å². The fraction of sp³-hybridized carbons (Fsp3) is 0.316. The van der Waals surface area contributed by atoms with E-state index in [1.807, 2.05) is 36.7 Å².